The monoisotopic (exact) mass is 282 g/mol. The molecule has 110 valence electrons. The Balaban J connectivity index is 2.25. The average molecular weight is 282 g/mol. The molecule has 1 saturated carbocycles. The Morgan fingerprint density at radius 1 is 1.30 bits per heavy atom. The van der Waals surface area contributed by atoms with E-state index >= 15 is 0 Å². The number of aliphatic hydroxyl groups excluding tert-OH is 1. The molecule has 9 heteroatoms. The fraction of sp³-hybridized carbons (Fsp3) is 0.636. The summed E-state index contributed by atoms with van der Waals surface area (Å²) in [5.74, 6) is 5.23. The number of hydrogen-bond donors (Lipinski definition) is 4. The minimum atomic E-state index is -0.597. The molecular weight excluding hydrogens is 264 g/mol. The third kappa shape index (κ3) is 3.11. The summed E-state index contributed by atoms with van der Waals surface area (Å²) in [4.78, 5) is 18.1. The number of hydrogen-bond acceptors (Lipinski definition) is 8. The molecule has 2 unspecified atom stereocenters. The van der Waals surface area contributed by atoms with Crippen LogP contribution in [-0.4, -0.2) is 32.1 Å². The van der Waals surface area contributed by atoms with E-state index in [9.17, 15) is 15.2 Å². The first-order valence-electron chi connectivity index (χ1n) is 6.54. The molecule has 0 spiro atoms. The largest absolute Gasteiger partial charge is 0.391 e. The van der Waals surface area contributed by atoms with Gasteiger partial charge in [0.1, 0.15) is 6.33 Å². The normalized spacial score (nSPS) is 22.9. The van der Waals surface area contributed by atoms with Crippen molar-refractivity contribution in [2.24, 2.45) is 5.84 Å². The molecule has 20 heavy (non-hydrogen) atoms. The topological polar surface area (TPSA) is 139 Å². The lowest BCUT2D eigenvalue weighted by Gasteiger charge is -2.22. The Bertz CT molecular complexity index is 483. The zero-order valence-corrected chi connectivity index (χ0v) is 11.0. The molecule has 0 radical (unpaired) electrons. The molecular formula is C11H18N6O3. The number of nitrogen functional groups attached to an aromatic ring is 1. The summed E-state index contributed by atoms with van der Waals surface area (Å²) in [6.45, 7) is 0. The summed E-state index contributed by atoms with van der Waals surface area (Å²) in [5, 5.41) is 24.1. The molecule has 1 fully saturated rings. The van der Waals surface area contributed by atoms with E-state index in [1.54, 1.807) is 0 Å². The lowest BCUT2D eigenvalue weighted by Crippen LogP contribution is -2.33. The Kier molecular flexibility index (Phi) is 4.64. The number of aliphatic hydroxyl groups is 1. The van der Waals surface area contributed by atoms with Crippen molar-refractivity contribution in [3.8, 4) is 0 Å². The van der Waals surface area contributed by atoms with E-state index in [-0.39, 0.29) is 23.4 Å². The van der Waals surface area contributed by atoms with Crippen molar-refractivity contribution in [2.45, 2.75) is 44.2 Å². The average Bonchev–Trinajstić information content (AvgIpc) is 2.63. The fourth-order valence-corrected chi connectivity index (χ4v) is 2.40. The van der Waals surface area contributed by atoms with Crippen LogP contribution >= 0.6 is 0 Å². The van der Waals surface area contributed by atoms with Gasteiger partial charge >= 0.3 is 5.69 Å². The minimum Gasteiger partial charge on any atom is -0.391 e. The maximum absolute atomic E-state index is 11.1. The first-order valence-corrected chi connectivity index (χ1v) is 6.54. The number of rotatable bonds is 4. The van der Waals surface area contributed by atoms with E-state index in [2.05, 4.69) is 20.7 Å². The van der Waals surface area contributed by atoms with Crippen LogP contribution < -0.4 is 16.6 Å². The zero-order chi connectivity index (χ0) is 14.5. The highest BCUT2D eigenvalue weighted by Gasteiger charge is 2.27. The van der Waals surface area contributed by atoms with Crippen molar-refractivity contribution in [3.63, 3.8) is 0 Å². The Labute approximate surface area is 115 Å². The van der Waals surface area contributed by atoms with Crippen LogP contribution in [0.2, 0.25) is 0 Å². The number of nitro groups is 1. The summed E-state index contributed by atoms with van der Waals surface area (Å²) in [7, 11) is 0. The predicted molar refractivity (Wildman–Crippen MR) is 73.0 cm³/mol. The summed E-state index contributed by atoms with van der Waals surface area (Å²) >= 11 is 0. The Morgan fingerprint density at radius 3 is 2.70 bits per heavy atom. The van der Waals surface area contributed by atoms with Gasteiger partial charge in [-0.3, -0.25) is 10.1 Å². The fourth-order valence-electron chi connectivity index (χ4n) is 2.40. The number of hydrazine groups is 1. The second kappa shape index (κ2) is 6.44. The lowest BCUT2D eigenvalue weighted by molar-refractivity contribution is -0.383. The highest BCUT2D eigenvalue weighted by molar-refractivity contribution is 5.69. The highest BCUT2D eigenvalue weighted by Crippen LogP contribution is 2.30. The molecule has 1 aromatic rings. The van der Waals surface area contributed by atoms with E-state index in [0.717, 1.165) is 25.7 Å². The van der Waals surface area contributed by atoms with Crippen LogP contribution in [0.25, 0.3) is 0 Å². The van der Waals surface area contributed by atoms with Crippen molar-refractivity contribution in [3.05, 3.63) is 16.4 Å². The number of nitrogens with two attached hydrogens (primary N) is 1. The van der Waals surface area contributed by atoms with E-state index < -0.39 is 11.0 Å². The summed E-state index contributed by atoms with van der Waals surface area (Å²) < 4.78 is 0. The van der Waals surface area contributed by atoms with E-state index in [1.807, 2.05) is 0 Å². The van der Waals surface area contributed by atoms with E-state index in [4.69, 9.17) is 5.84 Å². The van der Waals surface area contributed by atoms with Gasteiger partial charge in [-0.15, -0.1) is 0 Å². The molecule has 1 heterocycles. The predicted octanol–water partition coefficient (Wildman–Crippen LogP) is 0.776. The lowest BCUT2D eigenvalue weighted by atomic mass is 10.1. The standard InChI is InChI=1S/C11H18N6O3/c12-16-11-9(17(19)20)10(13-6-14-11)15-7-4-2-1-3-5-8(7)18/h6-8,18H,1-5,12H2,(H2,13,14,15,16). The second-order valence-electron chi connectivity index (χ2n) is 4.78. The zero-order valence-electron chi connectivity index (χ0n) is 11.0. The van der Waals surface area contributed by atoms with Crippen molar-refractivity contribution in [2.75, 3.05) is 10.7 Å². The van der Waals surface area contributed by atoms with Crippen LogP contribution in [0, 0.1) is 10.1 Å². The van der Waals surface area contributed by atoms with Gasteiger partial charge in [-0.05, 0) is 12.8 Å². The molecule has 1 aliphatic carbocycles. The van der Waals surface area contributed by atoms with Crippen LogP contribution in [0.3, 0.4) is 0 Å². The summed E-state index contributed by atoms with van der Waals surface area (Å²) in [6, 6.07) is -0.253. The van der Waals surface area contributed by atoms with Gasteiger partial charge in [0.05, 0.1) is 17.1 Å². The SMILES string of the molecule is NNc1ncnc(NC2CCCCCC2O)c1[N+](=O)[O-]. The van der Waals surface area contributed by atoms with Crippen LogP contribution in [0.15, 0.2) is 6.33 Å². The van der Waals surface area contributed by atoms with Crippen molar-refractivity contribution >= 4 is 17.3 Å². The molecule has 0 aliphatic heterocycles. The van der Waals surface area contributed by atoms with Gasteiger partial charge in [-0.2, -0.15) is 0 Å². The molecule has 2 atom stereocenters. The number of aromatic nitrogens is 2. The van der Waals surface area contributed by atoms with Gasteiger partial charge in [-0.1, -0.05) is 19.3 Å². The molecule has 0 bridgehead atoms. The Hall–Kier alpha value is -2.00. The third-order valence-electron chi connectivity index (χ3n) is 3.44. The van der Waals surface area contributed by atoms with Gasteiger partial charge in [-0.25, -0.2) is 15.8 Å². The summed E-state index contributed by atoms with van der Waals surface area (Å²) in [6.07, 6.45) is 5.05. The van der Waals surface area contributed by atoms with E-state index in [0.29, 0.717) is 6.42 Å². The molecule has 0 saturated heterocycles. The minimum absolute atomic E-state index is 0.0596. The molecule has 0 amide bonds. The van der Waals surface area contributed by atoms with Gasteiger partial charge in [0.25, 0.3) is 0 Å². The van der Waals surface area contributed by atoms with E-state index in [1.165, 1.54) is 6.33 Å². The summed E-state index contributed by atoms with van der Waals surface area (Å²) in [5.41, 5.74) is 1.87. The smallest absolute Gasteiger partial charge is 0.354 e. The van der Waals surface area contributed by atoms with Gasteiger partial charge in [0, 0.05) is 0 Å². The van der Waals surface area contributed by atoms with Gasteiger partial charge in [0.2, 0.25) is 11.6 Å². The van der Waals surface area contributed by atoms with Crippen LogP contribution in [0.4, 0.5) is 17.3 Å². The number of anilines is 2. The van der Waals surface area contributed by atoms with Crippen LogP contribution in [0.1, 0.15) is 32.1 Å². The van der Waals surface area contributed by atoms with Gasteiger partial charge in [0.15, 0.2) is 0 Å². The molecule has 9 nitrogen and oxygen atoms in total. The second-order valence-corrected chi connectivity index (χ2v) is 4.78. The maximum atomic E-state index is 11.1. The number of nitrogens with one attached hydrogen (secondary N) is 2. The van der Waals surface area contributed by atoms with Crippen LogP contribution in [-0.2, 0) is 0 Å². The van der Waals surface area contributed by atoms with Gasteiger partial charge < -0.3 is 15.8 Å². The molecule has 5 N–H and O–H groups in total. The molecule has 1 aliphatic rings. The van der Waals surface area contributed by atoms with Crippen molar-refractivity contribution < 1.29 is 10.0 Å². The molecule has 2 rings (SSSR count). The van der Waals surface area contributed by atoms with Crippen LogP contribution in [0.5, 0.6) is 0 Å². The first kappa shape index (κ1) is 14.4. The third-order valence-corrected chi connectivity index (χ3v) is 3.44. The maximum Gasteiger partial charge on any atom is 0.354 e. The van der Waals surface area contributed by atoms with Crippen molar-refractivity contribution in [1.29, 1.82) is 0 Å². The first-order chi connectivity index (χ1) is 9.63. The number of nitrogens with zero attached hydrogens (tertiary/aromatic N) is 3. The quantitative estimate of drug-likeness (QED) is 0.275. The van der Waals surface area contributed by atoms with Crippen molar-refractivity contribution in [1.82, 2.24) is 9.97 Å². The molecule has 1 aromatic heterocycles. The molecule has 0 aromatic carbocycles. The Morgan fingerprint density at radius 2 is 2.00 bits per heavy atom. The highest BCUT2D eigenvalue weighted by atomic mass is 16.6.